The van der Waals surface area contributed by atoms with E-state index >= 15 is 0 Å². The molecule has 0 radical (unpaired) electrons. The van der Waals surface area contributed by atoms with Gasteiger partial charge in [-0.2, -0.15) is 4.98 Å². The SMILES string of the molecule is CC(C)c1nc(CCN(C)C(=O)c2ccc3n(c2=O)C[C@@H]2CNC[C@H]3C2)no1. The van der Waals surface area contributed by atoms with E-state index in [4.69, 9.17) is 4.52 Å². The van der Waals surface area contributed by atoms with Gasteiger partial charge in [0, 0.05) is 50.6 Å². The molecular formula is C20H27N5O3. The number of aromatic nitrogens is 3. The molecule has 150 valence electrons. The van der Waals surface area contributed by atoms with Crippen LogP contribution in [0.1, 0.15) is 59.9 Å². The van der Waals surface area contributed by atoms with E-state index in [0.717, 1.165) is 25.2 Å². The quantitative estimate of drug-likeness (QED) is 0.836. The first kappa shape index (κ1) is 18.9. The van der Waals surface area contributed by atoms with Crippen LogP contribution in [0.2, 0.25) is 0 Å². The van der Waals surface area contributed by atoms with Crippen molar-refractivity contribution in [3.63, 3.8) is 0 Å². The van der Waals surface area contributed by atoms with Crippen molar-refractivity contribution in [3.05, 3.63) is 45.5 Å². The number of nitrogens with zero attached hydrogens (tertiary/aromatic N) is 4. The van der Waals surface area contributed by atoms with Crippen LogP contribution in [-0.2, 0) is 13.0 Å². The van der Waals surface area contributed by atoms with Gasteiger partial charge in [0.05, 0.1) is 0 Å². The van der Waals surface area contributed by atoms with Gasteiger partial charge in [0.2, 0.25) is 5.89 Å². The normalized spacial score (nSPS) is 20.9. The zero-order chi connectivity index (χ0) is 19.8. The number of hydrogen-bond acceptors (Lipinski definition) is 6. The number of fused-ring (bicyclic) bond motifs is 4. The molecular weight excluding hydrogens is 358 g/mol. The molecule has 4 rings (SSSR count). The highest BCUT2D eigenvalue weighted by molar-refractivity contribution is 5.93. The van der Waals surface area contributed by atoms with Gasteiger partial charge < -0.3 is 19.3 Å². The molecule has 8 heteroatoms. The van der Waals surface area contributed by atoms with Crippen LogP contribution in [0.15, 0.2) is 21.5 Å². The number of amides is 1. The van der Waals surface area contributed by atoms with Crippen molar-refractivity contribution in [3.8, 4) is 0 Å². The topological polar surface area (TPSA) is 93.3 Å². The molecule has 2 atom stereocenters. The Bertz CT molecular complexity index is 932. The zero-order valence-corrected chi connectivity index (χ0v) is 16.6. The van der Waals surface area contributed by atoms with Gasteiger partial charge in [-0.1, -0.05) is 19.0 Å². The fraction of sp³-hybridized carbons (Fsp3) is 0.600. The summed E-state index contributed by atoms with van der Waals surface area (Å²) < 4.78 is 7.01. The third-order valence-electron chi connectivity index (χ3n) is 5.73. The lowest BCUT2D eigenvalue weighted by Gasteiger charge is -2.37. The summed E-state index contributed by atoms with van der Waals surface area (Å²) in [6.45, 7) is 6.91. The second-order valence-corrected chi connectivity index (χ2v) is 8.22. The monoisotopic (exact) mass is 385 g/mol. The molecule has 4 heterocycles. The Hall–Kier alpha value is -2.48. The lowest BCUT2D eigenvalue weighted by molar-refractivity contribution is 0.0792. The third kappa shape index (κ3) is 3.48. The Balaban J connectivity index is 1.48. The van der Waals surface area contributed by atoms with Crippen LogP contribution >= 0.6 is 0 Å². The van der Waals surface area contributed by atoms with Gasteiger partial charge in [-0.3, -0.25) is 9.59 Å². The molecule has 1 saturated heterocycles. The smallest absolute Gasteiger partial charge is 0.263 e. The standard InChI is InChI=1S/C20H27N5O3/c1-12(2)18-22-17(23-28-18)6-7-24(3)19(26)15-4-5-16-14-8-13(9-21-10-14)11-25(16)20(15)27/h4-5,12-14,21H,6-11H2,1-3H3/t13-,14+/m0/s1. The summed E-state index contributed by atoms with van der Waals surface area (Å²) in [5.41, 5.74) is 1.10. The van der Waals surface area contributed by atoms with Crippen molar-refractivity contribution in [2.75, 3.05) is 26.7 Å². The van der Waals surface area contributed by atoms with Crippen LogP contribution in [0, 0.1) is 5.92 Å². The molecule has 0 aromatic carbocycles. The van der Waals surface area contributed by atoms with Gasteiger partial charge >= 0.3 is 0 Å². The maximum atomic E-state index is 13.0. The minimum atomic E-state index is -0.262. The molecule has 0 unspecified atom stereocenters. The zero-order valence-electron chi connectivity index (χ0n) is 16.6. The molecule has 0 saturated carbocycles. The highest BCUT2D eigenvalue weighted by Crippen LogP contribution is 2.31. The van der Waals surface area contributed by atoms with Crippen LogP contribution in [0.3, 0.4) is 0 Å². The van der Waals surface area contributed by atoms with Gasteiger partial charge in [0.15, 0.2) is 5.82 Å². The molecule has 1 fully saturated rings. The van der Waals surface area contributed by atoms with E-state index in [2.05, 4.69) is 15.5 Å². The molecule has 2 aliphatic heterocycles. The average molecular weight is 385 g/mol. The number of pyridine rings is 1. The number of carbonyl (C=O) groups excluding carboxylic acids is 1. The van der Waals surface area contributed by atoms with Crippen molar-refractivity contribution in [1.82, 2.24) is 24.9 Å². The predicted octanol–water partition coefficient (Wildman–Crippen LogP) is 1.38. The lowest BCUT2D eigenvalue weighted by Crippen LogP contribution is -2.46. The minimum Gasteiger partial charge on any atom is -0.341 e. The van der Waals surface area contributed by atoms with Gasteiger partial charge in [0.25, 0.3) is 11.5 Å². The fourth-order valence-electron chi connectivity index (χ4n) is 4.13. The molecule has 8 nitrogen and oxygen atoms in total. The summed E-state index contributed by atoms with van der Waals surface area (Å²) >= 11 is 0. The van der Waals surface area contributed by atoms with E-state index in [9.17, 15) is 9.59 Å². The highest BCUT2D eigenvalue weighted by Gasteiger charge is 2.32. The maximum absolute atomic E-state index is 13.0. The van der Waals surface area contributed by atoms with E-state index in [-0.39, 0.29) is 22.9 Å². The Morgan fingerprint density at radius 2 is 2.21 bits per heavy atom. The summed E-state index contributed by atoms with van der Waals surface area (Å²) in [5.74, 6) is 1.89. The molecule has 1 N–H and O–H groups in total. The second kappa shape index (κ2) is 7.50. The van der Waals surface area contributed by atoms with E-state index in [1.165, 1.54) is 0 Å². The number of piperidine rings is 1. The van der Waals surface area contributed by atoms with Gasteiger partial charge in [-0.05, 0) is 31.0 Å². The first-order valence-corrected chi connectivity index (χ1v) is 9.96. The number of carbonyl (C=O) groups is 1. The van der Waals surface area contributed by atoms with Crippen molar-refractivity contribution < 1.29 is 9.32 Å². The summed E-state index contributed by atoms with van der Waals surface area (Å²) in [5, 5.41) is 7.39. The summed E-state index contributed by atoms with van der Waals surface area (Å²) in [7, 11) is 1.70. The van der Waals surface area contributed by atoms with Crippen LogP contribution in [0.4, 0.5) is 0 Å². The highest BCUT2D eigenvalue weighted by atomic mass is 16.5. The Labute approximate surface area is 163 Å². The number of likely N-dealkylation sites (N-methyl/N-ethyl adjacent to an activating group) is 1. The second-order valence-electron chi connectivity index (χ2n) is 8.22. The van der Waals surface area contributed by atoms with E-state index in [0.29, 0.717) is 43.1 Å². The van der Waals surface area contributed by atoms with Crippen LogP contribution in [0.5, 0.6) is 0 Å². The number of rotatable bonds is 5. The Morgan fingerprint density at radius 3 is 2.96 bits per heavy atom. The molecule has 0 spiro atoms. The lowest BCUT2D eigenvalue weighted by atomic mass is 9.84. The third-order valence-corrected chi connectivity index (χ3v) is 5.73. The number of hydrogen-bond donors (Lipinski definition) is 1. The van der Waals surface area contributed by atoms with Gasteiger partial charge in [-0.25, -0.2) is 0 Å². The van der Waals surface area contributed by atoms with Crippen molar-refractivity contribution in [2.24, 2.45) is 5.92 Å². The largest absolute Gasteiger partial charge is 0.341 e. The first-order chi connectivity index (χ1) is 13.4. The van der Waals surface area contributed by atoms with Crippen LogP contribution < -0.4 is 10.9 Å². The van der Waals surface area contributed by atoms with Crippen molar-refractivity contribution in [2.45, 2.75) is 45.1 Å². The molecule has 2 aliphatic rings. The minimum absolute atomic E-state index is 0.172. The van der Waals surface area contributed by atoms with Gasteiger partial charge in [0.1, 0.15) is 5.56 Å². The molecule has 0 aliphatic carbocycles. The molecule has 28 heavy (non-hydrogen) atoms. The number of nitrogens with one attached hydrogen (secondary N) is 1. The molecule has 1 amide bonds. The summed E-state index contributed by atoms with van der Waals surface area (Å²) in [4.78, 5) is 31.8. The summed E-state index contributed by atoms with van der Waals surface area (Å²) in [6.07, 6.45) is 1.60. The molecule has 2 aromatic heterocycles. The predicted molar refractivity (Wildman–Crippen MR) is 103 cm³/mol. The molecule has 2 aromatic rings. The van der Waals surface area contributed by atoms with Crippen LogP contribution in [-0.4, -0.2) is 52.2 Å². The average Bonchev–Trinajstić information content (AvgIpc) is 3.16. The van der Waals surface area contributed by atoms with Crippen LogP contribution in [0.25, 0.3) is 0 Å². The van der Waals surface area contributed by atoms with E-state index < -0.39 is 0 Å². The van der Waals surface area contributed by atoms with Crippen molar-refractivity contribution in [1.29, 1.82) is 0 Å². The Morgan fingerprint density at radius 1 is 1.39 bits per heavy atom. The first-order valence-electron chi connectivity index (χ1n) is 9.96. The van der Waals surface area contributed by atoms with E-state index in [1.807, 2.05) is 24.5 Å². The summed E-state index contributed by atoms with van der Waals surface area (Å²) in [6, 6.07) is 3.64. The van der Waals surface area contributed by atoms with E-state index in [1.54, 1.807) is 18.0 Å². The molecule has 2 bridgehead atoms. The van der Waals surface area contributed by atoms with Crippen molar-refractivity contribution >= 4 is 5.91 Å². The maximum Gasteiger partial charge on any atom is 0.263 e. The fourth-order valence-corrected chi connectivity index (χ4v) is 4.13. The Kier molecular flexibility index (Phi) is 5.05. The van der Waals surface area contributed by atoms with Gasteiger partial charge in [-0.15, -0.1) is 0 Å².